The molecule has 3 aromatic carbocycles. The highest BCUT2D eigenvalue weighted by atomic mass is 16.5. The van der Waals surface area contributed by atoms with Gasteiger partial charge in [0.15, 0.2) is 0 Å². The van der Waals surface area contributed by atoms with Crippen LogP contribution >= 0.6 is 0 Å². The first kappa shape index (κ1) is 32.2. The van der Waals surface area contributed by atoms with E-state index >= 15 is 0 Å². The number of hydrogen-bond donors (Lipinski definition) is 3. The van der Waals surface area contributed by atoms with E-state index in [-0.39, 0.29) is 13.2 Å². The first-order valence-corrected chi connectivity index (χ1v) is 13.2. The van der Waals surface area contributed by atoms with Crippen LogP contribution in [0.4, 0.5) is 0 Å². The van der Waals surface area contributed by atoms with Crippen molar-refractivity contribution in [1.29, 1.82) is 0 Å². The summed E-state index contributed by atoms with van der Waals surface area (Å²) in [4.78, 5) is 18.5. The van der Waals surface area contributed by atoms with Gasteiger partial charge in [0, 0.05) is 26.9 Å². The van der Waals surface area contributed by atoms with Crippen LogP contribution in [0.2, 0.25) is 0 Å². The van der Waals surface area contributed by atoms with Crippen LogP contribution in [0.3, 0.4) is 0 Å². The second kappa shape index (κ2) is 16.9. The van der Waals surface area contributed by atoms with Crippen molar-refractivity contribution < 1.29 is 24.5 Å². The fraction of sp³-hybridized carbons (Fsp3) is 0.312. The average molecular weight is 548 g/mol. The van der Waals surface area contributed by atoms with Crippen molar-refractivity contribution in [3.8, 4) is 5.75 Å². The third-order valence-corrected chi connectivity index (χ3v) is 6.26. The van der Waals surface area contributed by atoms with E-state index in [9.17, 15) is 15.0 Å². The van der Waals surface area contributed by atoms with Gasteiger partial charge in [-0.25, -0.2) is 4.99 Å². The maximum atomic E-state index is 11.6. The van der Waals surface area contributed by atoms with Crippen LogP contribution in [0.5, 0.6) is 5.75 Å². The van der Waals surface area contributed by atoms with Gasteiger partial charge in [-0.05, 0) is 34.9 Å². The number of methoxy groups -OCH3 is 2. The van der Waals surface area contributed by atoms with Crippen molar-refractivity contribution in [3.05, 3.63) is 114 Å². The summed E-state index contributed by atoms with van der Waals surface area (Å²) in [5.41, 5.74) is 1.69. The summed E-state index contributed by atoms with van der Waals surface area (Å²) in [5, 5.41) is 22.5. The summed E-state index contributed by atoms with van der Waals surface area (Å²) < 4.78 is 10.5. The molecule has 0 aliphatic rings. The normalized spacial score (nSPS) is 13.1. The number of aliphatic hydroxyl groups is 2. The zero-order valence-corrected chi connectivity index (χ0v) is 23.9. The van der Waals surface area contributed by atoms with Crippen LogP contribution in [0.25, 0.3) is 0 Å². The number of likely N-dealkylation sites (N-methyl/N-ethyl adjacent to an activating group) is 1. The van der Waals surface area contributed by atoms with Crippen molar-refractivity contribution in [3.63, 3.8) is 0 Å². The lowest BCUT2D eigenvalue weighted by molar-refractivity contribution is -0.108. The van der Waals surface area contributed by atoms with E-state index in [0.717, 1.165) is 22.4 Å². The highest BCUT2D eigenvalue weighted by Crippen LogP contribution is 2.41. The molecule has 0 aliphatic heterocycles. The smallest absolute Gasteiger partial charge is 0.212 e. The molecule has 2 atom stereocenters. The molecule has 214 valence electrons. The van der Waals surface area contributed by atoms with Crippen molar-refractivity contribution in [2.24, 2.45) is 4.99 Å². The summed E-state index contributed by atoms with van der Waals surface area (Å²) in [7, 11) is 4.83. The van der Waals surface area contributed by atoms with Crippen molar-refractivity contribution in [2.75, 3.05) is 34.4 Å². The molecule has 3 aromatic rings. The third-order valence-electron chi connectivity index (χ3n) is 6.26. The highest BCUT2D eigenvalue weighted by molar-refractivity contribution is 5.99. The topological polar surface area (TPSA) is 104 Å². The van der Waals surface area contributed by atoms with Gasteiger partial charge < -0.3 is 29.9 Å². The van der Waals surface area contributed by atoms with Gasteiger partial charge in [-0.3, -0.25) is 4.79 Å². The van der Waals surface area contributed by atoms with E-state index in [4.69, 9.17) is 14.5 Å². The Morgan fingerprint density at radius 1 is 0.950 bits per heavy atom. The third kappa shape index (κ3) is 8.26. The maximum absolute atomic E-state index is 11.6. The Hall–Kier alpha value is -3.98. The second-order valence-electron chi connectivity index (χ2n) is 8.71. The zero-order chi connectivity index (χ0) is 29.4. The molecule has 0 bridgehead atoms. The number of benzene rings is 3. The number of carbonyl (C=O) groups excluding carboxylic acids is 1. The first-order chi connectivity index (χ1) is 19.5. The second-order valence-corrected chi connectivity index (χ2v) is 8.71. The summed E-state index contributed by atoms with van der Waals surface area (Å²) in [6.07, 6.45) is 2.35. The molecular formula is C32H41N3O5. The van der Waals surface area contributed by atoms with Crippen LogP contribution in [0.1, 0.15) is 30.5 Å². The van der Waals surface area contributed by atoms with Gasteiger partial charge in [-0.1, -0.05) is 86.6 Å². The number of aliphatic hydroxyl groups excluding tert-OH is 2. The molecule has 1 amide bonds. The van der Waals surface area contributed by atoms with Gasteiger partial charge in [-0.2, -0.15) is 0 Å². The fourth-order valence-corrected chi connectivity index (χ4v) is 4.27. The maximum Gasteiger partial charge on any atom is 0.212 e. The molecule has 1 unspecified atom stereocenters. The van der Waals surface area contributed by atoms with Crippen LogP contribution < -0.4 is 10.1 Å². The Labute approximate surface area is 237 Å². The molecule has 40 heavy (non-hydrogen) atoms. The fourth-order valence-electron chi connectivity index (χ4n) is 4.27. The molecule has 8 nitrogen and oxygen atoms in total. The average Bonchev–Trinajstić information content (AvgIpc) is 3.01. The number of carbonyl (C=O) groups is 1. The lowest BCUT2D eigenvalue weighted by atomic mass is 9.77. The van der Waals surface area contributed by atoms with E-state index in [1.807, 2.05) is 98.8 Å². The monoisotopic (exact) mass is 547 g/mol. The summed E-state index contributed by atoms with van der Waals surface area (Å²) in [6, 6.07) is 27.4. The number of nitrogens with one attached hydrogen (secondary N) is 1. The predicted molar refractivity (Wildman–Crippen MR) is 159 cm³/mol. The molecule has 0 fully saturated rings. The zero-order valence-electron chi connectivity index (χ0n) is 23.9. The van der Waals surface area contributed by atoms with E-state index < -0.39 is 17.7 Å². The van der Waals surface area contributed by atoms with Crippen LogP contribution in [-0.4, -0.2) is 74.0 Å². The van der Waals surface area contributed by atoms with Crippen LogP contribution in [-0.2, 0) is 15.1 Å². The van der Waals surface area contributed by atoms with Crippen LogP contribution in [0.15, 0.2) is 102 Å². The Morgan fingerprint density at radius 3 is 1.93 bits per heavy atom. The largest absolute Gasteiger partial charge is 0.497 e. The molecule has 0 heterocycles. The molecular weight excluding hydrogens is 506 g/mol. The molecule has 8 heteroatoms. The predicted octanol–water partition coefficient (Wildman–Crippen LogP) is 3.97. The minimum atomic E-state index is -0.999. The van der Waals surface area contributed by atoms with Gasteiger partial charge in [0.2, 0.25) is 6.41 Å². The van der Waals surface area contributed by atoms with Crippen molar-refractivity contribution in [1.82, 2.24) is 10.2 Å². The van der Waals surface area contributed by atoms with Crippen LogP contribution in [0, 0.1) is 0 Å². The standard InChI is InChI=1S/C30H35N3O5.C2H6/c1-33(20-27(36)28(21-34)38-3)19-18-29(31-22-35)32-30(23-10-6-4-7-11-23,24-12-8-5-9-13-24)25-14-16-26(37-2)17-15-25;1-2/h4-19,22,27-28,34,36H,20-21H2,1-3H3,(H,31,32,35);1-2H3/b19-18-;/t27-,28?;/m0./s1. The molecule has 0 aromatic heterocycles. The lowest BCUT2D eigenvalue weighted by Gasteiger charge is -2.33. The Morgan fingerprint density at radius 2 is 1.48 bits per heavy atom. The Kier molecular flexibility index (Phi) is 13.6. The van der Waals surface area contributed by atoms with E-state index in [1.165, 1.54) is 7.11 Å². The van der Waals surface area contributed by atoms with Gasteiger partial charge in [-0.15, -0.1) is 0 Å². The number of rotatable bonds is 13. The summed E-state index contributed by atoms with van der Waals surface area (Å²) in [6.45, 7) is 3.90. The SMILES string of the molecule is CC.COc1ccc(C(N=C(/C=C\N(C)C[C@H](O)C(CO)OC)NC=O)(c2ccccc2)c2ccccc2)cc1. The molecule has 0 aliphatic carbocycles. The van der Waals surface area contributed by atoms with E-state index in [0.29, 0.717) is 12.2 Å². The van der Waals surface area contributed by atoms with Gasteiger partial charge in [0.1, 0.15) is 23.2 Å². The Balaban J connectivity index is 0.00000274. The Bertz CT molecular complexity index is 1140. The quantitative estimate of drug-likeness (QED) is 0.130. The molecule has 3 N–H and O–H groups in total. The highest BCUT2D eigenvalue weighted by Gasteiger charge is 2.36. The molecule has 3 rings (SSSR count). The molecule has 0 saturated heterocycles. The van der Waals surface area contributed by atoms with Gasteiger partial charge in [0.05, 0.1) is 19.8 Å². The number of aliphatic imine (C=N–C) groups is 1. The van der Waals surface area contributed by atoms with Crippen molar-refractivity contribution >= 4 is 12.2 Å². The summed E-state index contributed by atoms with van der Waals surface area (Å²) >= 11 is 0. The minimum absolute atomic E-state index is 0.199. The number of ether oxygens (including phenoxy) is 2. The molecule has 0 saturated carbocycles. The molecule has 0 radical (unpaired) electrons. The minimum Gasteiger partial charge on any atom is -0.497 e. The number of amides is 1. The van der Waals surface area contributed by atoms with Crippen molar-refractivity contribution in [2.45, 2.75) is 31.6 Å². The first-order valence-electron chi connectivity index (χ1n) is 13.2. The lowest BCUT2D eigenvalue weighted by Crippen LogP contribution is -2.39. The number of amidine groups is 1. The summed E-state index contributed by atoms with van der Waals surface area (Å²) in [5.74, 6) is 1.03. The van der Waals surface area contributed by atoms with Gasteiger partial charge >= 0.3 is 0 Å². The van der Waals surface area contributed by atoms with E-state index in [2.05, 4.69) is 5.32 Å². The molecule has 0 spiro atoms. The number of nitrogens with zero attached hydrogens (tertiary/aromatic N) is 2. The number of hydrogen-bond acceptors (Lipinski definition) is 7. The van der Waals surface area contributed by atoms with Gasteiger partial charge in [0.25, 0.3) is 0 Å². The van der Waals surface area contributed by atoms with E-state index in [1.54, 1.807) is 31.3 Å².